The Morgan fingerprint density at radius 1 is 1.00 bits per heavy atom. The van der Waals surface area contributed by atoms with E-state index in [1.54, 1.807) is 32.4 Å². The predicted molar refractivity (Wildman–Crippen MR) is 120 cm³/mol. The van der Waals surface area contributed by atoms with Crippen LogP contribution in [0.4, 0.5) is 11.4 Å². The molecular formula is C24H23ClN2O3. The Kier molecular flexibility index (Phi) is 5.81. The van der Waals surface area contributed by atoms with E-state index in [2.05, 4.69) is 11.4 Å². The van der Waals surface area contributed by atoms with Crippen LogP contribution >= 0.6 is 11.6 Å². The molecule has 1 aliphatic rings. The van der Waals surface area contributed by atoms with Gasteiger partial charge in [-0.1, -0.05) is 29.8 Å². The van der Waals surface area contributed by atoms with Crippen molar-refractivity contribution in [3.63, 3.8) is 0 Å². The number of para-hydroxylation sites is 1. The van der Waals surface area contributed by atoms with Crippen LogP contribution in [0.2, 0.25) is 5.02 Å². The molecule has 1 amide bonds. The van der Waals surface area contributed by atoms with Gasteiger partial charge in [0.1, 0.15) is 0 Å². The van der Waals surface area contributed by atoms with E-state index in [9.17, 15) is 4.79 Å². The van der Waals surface area contributed by atoms with Gasteiger partial charge in [0.15, 0.2) is 11.5 Å². The molecule has 0 saturated carbocycles. The Morgan fingerprint density at radius 3 is 2.47 bits per heavy atom. The maximum absolute atomic E-state index is 13.3. The van der Waals surface area contributed by atoms with E-state index >= 15 is 0 Å². The van der Waals surface area contributed by atoms with E-state index in [4.69, 9.17) is 21.1 Å². The summed E-state index contributed by atoms with van der Waals surface area (Å²) < 4.78 is 10.6. The molecule has 0 bridgehead atoms. The van der Waals surface area contributed by atoms with Crippen molar-refractivity contribution in [2.75, 3.05) is 31.0 Å². The molecule has 4 rings (SSSR count). The highest BCUT2D eigenvalue weighted by molar-refractivity contribution is 6.30. The first-order valence-corrected chi connectivity index (χ1v) is 10.1. The number of anilines is 2. The molecule has 0 aromatic heterocycles. The molecule has 30 heavy (non-hydrogen) atoms. The molecule has 1 atom stereocenters. The molecule has 0 radical (unpaired) electrons. The molecule has 0 spiro atoms. The number of carbonyl (C=O) groups excluding carboxylic acids is 1. The number of ether oxygens (including phenoxy) is 2. The number of methoxy groups -OCH3 is 2. The number of rotatable bonds is 5. The highest BCUT2D eigenvalue weighted by Crippen LogP contribution is 2.37. The molecule has 1 unspecified atom stereocenters. The fourth-order valence-corrected chi connectivity index (χ4v) is 3.92. The summed E-state index contributed by atoms with van der Waals surface area (Å²) in [6.45, 7) is 0.607. The van der Waals surface area contributed by atoms with E-state index in [0.29, 0.717) is 28.6 Å². The van der Waals surface area contributed by atoms with Crippen molar-refractivity contribution in [2.45, 2.75) is 12.5 Å². The molecule has 6 heteroatoms. The van der Waals surface area contributed by atoms with E-state index < -0.39 is 0 Å². The van der Waals surface area contributed by atoms with Crippen molar-refractivity contribution < 1.29 is 14.3 Å². The minimum Gasteiger partial charge on any atom is -0.493 e. The van der Waals surface area contributed by atoms with Crippen LogP contribution in [0.25, 0.3) is 0 Å². The highest BCUT2D eigenvalue weighted by Gasteiger charge is 2.29. The average molecular weight is 423 g/mol. The second-order valence-corrected chi connectivity index (χ2v) is 7.51. The Morgan fingerprint density at radius 2 is 1.73 bits per heavy atom. The number of fused-ring (bicyclic) bond motifs is 1. The Hall–Kier alpha value is -3.18. The third kappa shape index (κ3) is 3.94. The molecule has 0 fully saturated rings. The SMILES string of the molecule is COc1ccc(C(=O)N2CCC(Nc3ccc(Cl)cc3)c3ccccc32)cc1OC. The van der Waals surface area contributed by atoms with Crippen LogP contribution in [0.5, 0.6) is 11.5 Å². The second-order valence-electron chi connectivity index (χ2n) is 7.08. The lowest BCUT2D eigenvalue weighted by atomic mass is 9.95. The van der Waals surface area contributed by atoms with Gasteiger partial charge in [-0.2, -0.15) is 0 Å². The van der Waals surface area contributed by atoms with Gasteiger partial charge in [0.25, 0.3) is 5.91 Å². The van der Waals surface area contributed by atoms with Crippen LogP contribution in [0.3, 0.4) is 0 Å². The van der Waals surface area contributed by atoms with E-state index in [0.717, 1.165) is 23.4 Å². The lowest BCUT2D eigenvalue weighted by molar-refractivity contribution is 0.0984. The predicted octanol–water partition coefficient (Wildman–Crippen LogP) is 5.56. The fraction of sp³-hybridized carbons (Fsp3) is 0.208. The molecule has 0 aliphatic carbocycles. The topological polar surface area (TPSA) is 50.8 Å². The number of hydrogen-bond acceptors (Lipinski definition) is 4. The normalized spacial score (nSPS) is 15.3. The van der Waals surface area contributed by atoms with Gasteiger partial charge in [-0.15, -0.1) is 0 Å². The van der Waals surface area contributed by atoms with E-state index in [1.165, 1.54) is 0 Å². The van der Waals surface area contributed by atoms with Crippen LogP contribution in [0, 0.1) is 0 Å². The van der Waals surface area contributed by atoms with Crippen molar-refractivity contribution >= 4 is 28.9 Å². The molecule has 5 nitrogen and oxygen atoms in total. The summed E-state index contributed by atoms with van der Waals surface area (Å²) in [5, 5.41) is 4.27. The van der Waals surface area contributed by atoms with Gasteiger partial charge in [-0.25, -0.2) is 0 Å². The van der Waals surface area contributed by atoms with Gasteiger partial charge in [-0.05, 0) is 60.5 Å². The zero-order valence-corrected chi connectivity index (χ0v) is 17.6. The first-order valence-electron chi connectivity index (χ1n) is 9.75. The quantitative estimate of drug-likeness (QED) is 0.584. The fourth-order valence-electron chi connectivity index (χ4n) is 3.80. The summed E-state index contributed by atoms with van der Waals surface area (Å²) >= 11 is 6.00. The van der Waals surface area contributed by atoms with Gasteiger partial charge >= 0.3 is 0 Å². The second kappa shape index (κ2) is 8.67. The summed E-state index contributed by atoms with van der Waals surface area (Å²) in [4.78, 5) is 15.2. The maximum atomic E-state index is 13.3. The monoisotopic (exact) mass is 422 g/mol. The summed E-state index contributed by atoms with van der Waals surface area (Å²) in [6, 6.07) is 21.0. The van der Waals surface area contributed by atoms with Crippen molar-refractivity contribution in [3.8, 4) is 11.5 Å². The van der Waals surface area contributed by atoms with Gasteiger partial charge in [-0.3, -0.25) is 4.79 Å². The Bertz CT molecular complexity index is 1050. The number of halogens is 1. The minimum atomic E-state index is -0.0617. The maximum Gasteiger partial charge on any atom is 0.258 e. The summed E-state index contributed by atoms with van der Waals surface area (Å²) in [5.74, 6) is 1.07. The molecule has 1 aliphatic heterocycles. The molecule has 3 aromatic rings. The van der Waals surface area contributed by atoms with Crippen LogP contribution in [-0.2, 0) is 0 Å². The lowest BCUT2D eigenvalue weighted by Gasteiger charge is -2.35. The molecule has 0 saturated heterocycles. The number of carbonyl (C=O) groups is 1. The smallest absolute Gasteiger partial charge is 0.258 e. The van der Waals surface area contributed by atoms with Crippen molar-refractivity contribution in [2.24, 2.45) is 0 Å². The number of benzene rings is 3. The summed E-state index contributed by atoms with van der Waals surface area (Å²) in [5.41, 5.74) is 3.56. The third-order valence-electron chi connectivity index (χ3n) is 5.31. The Balaban J connectivity index is 1.62. The van der Waals surface area contributed by atoms with Crippen LogP contribution in [-0.4, -0.2) is 26.7 Å². The highest BCUT2D eigenvalue weighted by atomic mass is 35.5. The van der Waals surface area contributed by atoms with Gasteiger partial charge in [0.2, 0.25) is 0 Å². The molecule has 1 heterocycles. The summed E-state index contributed by atoms with van der Waals surface area (Å²) in [7, 11) is 3.14. The largest absolute Gasteiger partial charge is 0.493 e. The van der Waals surface area contributed by atoms with Crippen molar-refractivity contribution in [3.05, 3.63) is 82.9 Å². The van der Waals surface area contributed by atoms with Crippen molar-refractivity contribution in [1.82, 2.24) is 0 Å². The van der Waals surface area contributed by atoms with Crippen LogP contribution < -0.4 is 19.7 Å². The molecule has 3 aromatic carbocycles. The van der Waals surface area contributed by atoms with Crippen molar-refractivity contribution in [1.29, 1.82) is 0 Å². The number of nitrogens with zero attached hydrogens (tertiary/aromatic N) is 1. The number of nitrogens with one attached hydrogen (secondary N) is 1. The van der Waals surface area contributed by atoms with Gasteiger partial charge < -0.3 is 19.7 Å². The first-order chi connectivity index (χ1) is 14.6. The number of amides is 1. The summed E-state index contributed by atoms with van der Waals surface area (Å²) in [6.07, 6.45) is 0.790. The average Bonchev–Trinajstić information content (AvgIpc) is 2.79. The van der Waals surface area contributed by atoms with Gasteiger partial charge in [0, 0.05) is 28.5 Å². The van der Waals surface area contributed by atoms with E-state index in [1.807, 2.05) is 47.4 Å². The molecule has 1 N–H and O–H groups in total. The third-order valence-corrected chi connectivity index (χ3v) is 5.56. The molecular weight excluding hydrogens is 400 g/mol. The lowest BCUT2D eigenvalue weighted by Crippen LogP contribution is -2.38. The van der Waals surface area contributed by atoms with E-state index in [-0.39, 0.29) is 11.9 Å². The van der Waals surface area contributed by atoms with Gasteiger partial charge in [0.05, 0.1) is 20.3 Å². The van der Waals surface area contributed by atoms with Crippen LogP contribution in [0.15, 0.2) is 66.7 Å². The standard InChI is InChI=1S/C24H23ClN2O3/c1-29-22-12-7-16(15-23(22)30-2)24(28)27-14-13-20(19-5-3-4-6-21(19)27)26-18-10-8-17(25)9-11-18/h3-12,15,20,26H,13-14H2,1-2H3. The first kappa shape index (κ1) is 20.1. The van der Waals surface area contributed by atoms with Crippen LogP contribution in [0.1, 0.15) is 28.4 Å². The Labute approximate surface area is 181 Å². The zero-order valence-electron chi connectivity index (χ0n) is 16.9. The number of hydrogen-bond donors (Lipinski definition) is 1. The molecule has 154 valence electrons. The minimum absolute atomic E-state index is 0.0617. The zero-order chi connectivity index (χ0) is 21.1.